The van der Waals surface area contributed by atoms with Gasteiger partial charge in [-0.25, -0.2) is 9.78 Å². The summed E-state index contributed by atoms with van der Waals surface area (Å²) >= 11 is 0. The van der Waals surface area contributed by atoms with Gasteiger partial charge >= 0.3 is 23.9 Å². The van der Waals surface area contributed by atoms with Crippen LogP contribution in [0.25, 0.3) is 10.9 Å². The zero-order valence-corrected chi connectivity index (χ0v) is 60.3. The number of aliphatic carboxylic acids is 4. The summed E-state index contributed by atoms with van der Waals surface area (Å²) in [6.07, 6.45) is 1.13. The van der Waals surface area contributed by atoms with Gasteiger partial charge in [0.1, 0.15) is 66.5 Å². The minimum absolute atomic E-state index is 0.109. The molecule has 35 nitrogen and oxygen atoms in total. The predicted molar refractivity (Wildman–Crippen MR) is 377 cm³/mol. The van der Waals surface area contributed by atoms with E-state index in [1.54, 1.807) is 110 Å². The van der Waals surface area contributed by atoms with Crippen LogP contribution in [0.15, 0.2) is 73.3 Å². The normalized spacial score (nSPS) is 14.9. The Morgan fingerprint density at radius 1 is 0.438 bits per heavy atom. The van der Waals surface area contributed by atoms with Gasteiger partial charge in [0.25, 0.3) is 0 Å². The molecular weight excluding hydrogens is 1370 g/mol. The number of aromatic amines is 2. The van der Waals surface area contributed by atoms with Crippen LogP contribution < -0.4 is 63.8 Å². The number of amides is 12. The first-order valence-corrected chi connectivity index (χ1v) is 34.6. The molecule has 0 fully saturated rings. The number of rotatable bonds is 45. The van der Waals surface area contributed by atoms with Crippen LogP contribution in [0.1, 0.15) is 137 Å². The highest BCUT2D eigenvalue weighted by Gasteiger charge is 2.39. The first-order chi connectivity index (χ1) is 49.5. The van der Waals surface area contributed by atoms with Crippen LogP contribution in [0.3, 0.4) is 0 Å². The molecule has 35 heteroatoms. The zero-order chi connectivity index (χ0) is 78.4. The van der Waals surface area contributed by atoms with E-state index in [1.807, 2.05) is 6.07 Å². The van der Waals surface area contributed by atoms with Gasteiger partial charge in [0.05, 0.1) is 25.7 Å². The van der Waals surface area contributed by atoms with Gasteiger partial charge in [-0.05, 0) is 67.6 Å². The number of fused-ring (bicyclic) bond motifs is 1. The topological polar surface area (TPSA) is 543 Å². The van der Waals surface area contributed by atoms with E-state index < -0.39 is 218 Å². The number of carboxylic acid groups (broad SMARTS) is 4. The second-order valence-corrected chi connectivity index (χ2v) is 26.6. The van der Waals surface area contributed by atoms with Gasteiger partial charge in [0, 0.05) is 61.1 Å². The smallest absolute Gasteiger partial charge is 0.326 e. The Labute approximate surface area is 606 Å². The third kappa shape index (κ3) is 28.8. The monoisotopic (exact) mass is 1470 g/mol. The molecule has 4 rings (SSSR count). The lowest BCUT2D eigenvalue weighted by Gasteiger charge is -2.31. The van der Waals surface area contributed by atoms with Crippen molar-refractivity contribution in [2.24, 2.45) is 23.7 Å². The third-order valence-corrected chi connectivity index (χ3v) is 17.2. The summed E-state index contributed by atoms with van der Waals surface area (Å²) in [6, 6.07) is -0.648. The molecule has 105 heavy (non-hydrogen) atoms. The van der Waals surface area contributed by atoms with Crippen LogP contribution in [0.2, 0.25) is 0 Å². The van der Waals surface area contributed by atoms with Gasteiger partial charge in [-0.15, -0.1) is 0 Å². The number of aromatic nitrogens is 3. The lowest BCUT2D eigenvalue weighted by molar-refractivity contribution is -0.143. The summed E-state index contributed by atoms with van der Waals surface area (Å²) in [6.45, 7) is 15.0. The number of benzene rings is 2. The first-order valence-electron chi connectivity index (χ1n) is 34.6. The van der Waals surface area contributed by atoms with E-state index in [0.29, 0.717) is 23.2 Å². The zero-order valence-electron chi connectivity index (χ0n) is 60.3. The second kappa shape index (κ2) is 42.3. The molecule has 0 spiro atoms. The van der Waals surface area contributed by atoms with Crippen LogP contribution in [-0.2, 0) is 96.0 Å². The summed E-state index contributed by atoms with van der Waals surface area (Å²) < 4.78 is 0. The van der Waals surface area contributed by atoms with Crippen molar-refractivity contribution in [3.05, 3.63) is 90.1 Å². The Bertz CT molecular complexity index is 3700. The maximum Gasteiger partial charge on any atom is 0.326 e. The average molecular weight is 1470 g/mol. The molecule has 13 atom stereocenters. The minimum atomic E-state index is -1.88. The van der Waals surface area contributed by atoms with Gasteiger partial charge in [-0.2, -0.15) is 0 Å². The van der Waals surface area contributed by atoms with E-state index >= 15 is 0 Å². The molecule has 0 saturated heterocycles. The van der Waals surface area contributed by atoms with Crippen molar-refractivity contribution in [3.63, 3.8) is 0 Å². The van der Waals surface area contributed by atoms with Crippen molar-refractivity contribution >= 4 is 106 Å². The van der Waals surface area contributed by atoms with Crippen LogP contribution >= 0.6 is 0 Å². The fourth-order valence-electron chi connectivity index (χ4n) is 10.8. The number of para-hydroxylation sites is 1. The number of carbonyl (C=O) groups is 16. The SMILES string of the molecule is CC[C@H](C)[C@H](NC(=O)[C@H](CC(=O)O)NC(=O)[C@H](CC(C)C)NC(=O)[C@H](Cc1cnc[nH]1)NC(=O)[C@@H](C)NC(=O)[C@H](Cc1ccccc1)NC(=O)CNC(=O)[C@@H](NC(=O)[C@H](C)NC(=O)[C@H](CCC(=O)O)NC(=O)CCC(=O)O)C(C)C)C(=O)N[C@H](C(=O)N[C@@H](Cc1c[nH]c2ccccc12)C(=O)O)[C@@H](C)CC. The highest BCUT2D eigenvalue weighted by atomic mass is 16.4. The van der Waals surface area contributed by atoms with E-state index in [9.17, 15) is 92.0 Å². The highest BCUT2D eigenvalue weighted by molar-refractivity contribution is 6.00. The molecule has 2 heterocycles. The van der Waals surface area contributed by atoms with Crippen LogP contribution in [0.5, 0.6) is 0 Å². The van der Waals surface area contributed by atoms with Gasteiger partial charge in [0.15, 0.2) is 0 Å². The maximum absolute atomic E-state index is 14.5. The molecule has 0 bridgehead atoms. The number of imidazole rings is 1. The van der Waals surface area contributed by atoms with Crippen LogP contribution in [-0.4, -0.2) is 203 Å². The minimum Gasteiger partial charge on any atom is -0.481 e. The van der Waals surface area contributed by atoms with Crippen LogP contribution in [0, 0.1) is 23.7 Å². The van der Waals surface area contributed by atoms with Crippen molar-refractivity contribution in [3.8, 4) is 0 Å². The van der Waals surface area contributed by atoms with E-state index in [-0.39, 0.29) is 38.0 Å². The molecule has 2 aromatic heterocycles. The first kappa shape index (κ1) is 86.1. The third-order valence-electron chi connectivity index (χ3n) is 17.2. The Morgan fingerprint density at radius 2 is 0.933 bits per heavy atom. The molecule has 4 aromatic rings. The molecule has 12 amide bonds. The number of nitrogens with one attached hydrogen (secondary N) is 14. The largest absolute Gasteiger partial charge is 0.481 e. The van der Waals surface area contributed by atoms with Crippen molar-refractivity contribution in [1.82, 2.24) is 78.8 Å². The van der Waals surface area contributed by atoms with Crippen molar-refractivity contribution in [1.29, 1.82) is 0 Å². The van der Waals surface area contributed by atoms with Crippen LogP contribution in [0.4, 0.5) is 0 Å². The molecule has 0 saturated carbocycles. The quantitative estimate of drug-likeness (QED) is 0.0265. The van der Waals surface area contributed by atoms with Crippen molar-refractivity contribution < 1.29 is 97.1 Å². The summed E-state index contributed by atoms with van der Waals surface area (Å²) in [5.41, 5.74) is 2.23. The number of carboxylic acids is 4. The standard InChI is InChI=1S/C70H99N15O20/c1-11-37(7)58(68(102)82-51(70(104)105)28-42-31-72-45-21-17-16-20-44(42)45)85-69(103)59(38(8)12-2)84-66(100)50(30-56(92)93)81-64(98)47(26-35(3)4)80-65(99)49(29-43-32-71-34-74-43)79-60(94)39(9)76-63(97)48(27-41-18-14-13-15-19-41)78-53(87)33-73-67(101)57(36(5)6)83-61(95)40(10)75-62(96)46(22-24-54(88)89)77-52(86)23-25-55(90)91/h13-21,31-32,34-40,46-51,57-59,72H,11-12,22-30,33H2,1-10H3,(H,71,74)(H,73,101)(H,75,96)(H,76,97)(H,77,86)(H,78,87)(H,79,94)(H,80,99)(H,81,98)(H,82,102)(H,83,95)(H,84,100)(H,85,103)(H,88,89)(H,90,91)(H,92,93)(H,104,105)/t37-,38-,39+,40-,46-,47-,48-,49-,50-,51-,57-,58-,59-/m0/s1. The number of H-pyrrole nitrogens is 2. The van der Waals surface area contributed by atoms with E-state index in [0.717, 1.165) is 10.9 Å². The number of nitrogens with zero attached hydrogens (tertiary/aromatic N) is 1. The lowest BCUT2D eigenvalue weighted by atomic mass is 9.94. The van der Waals surface area contributed by atoms with Crippen molar-refractivity contribution in [2.75, 3.05) is 6.54 Å². The molecule has 574 valence electrons. The highest BCUT2D eigenvalue weighted by Crippen LogP contribution is 2.21. The van der Waals surface area contributed by atoms with E-state index in [1.165, 1.54) is 26.4 Å². The summed E-state index contributed by atoms with van der Waals surface area (Å²) in [5.74, 6) is -18.9. The fraction of sp³-hybridized carbons (Fsp3) is 0.529. The van der Waals surface area contributed by atoms with E-state index in [4.69, 9.17) is 5.11 Å². The number of hydrogen-bond acceptors (Lipinski definition) is 17. The molecule has 2 aromatic carbocycles. The summed E-state index contributed by atoms with van der Waals surface area (Å²) in [4.78, 5) is 223. The molecular formula is C70H99N15O20. The Kier molecular flexibility index (Phi) is 34.7. The molecule has 0 unspecified atom stereocenters. The molecule has 0 radical (unpaired) electrons. The summed E-state index contributed by atoms with van der Waals surface area (Å²) in [7, 11) is 0. The molecule has 0 aliphatic rings. The molecule has 0 aliphatic carbocycles. The molecule has 0 aliphatic heterocycles. The Balaban J connectivity index is 1.48. The lowest BCUT2D eigenvalue weighted by Crippen LogP contribution is -2.62. The van der Waals surface area contributed by atoms with Gasteiger partial charge in [-0.3, -0.25) is 71.9 Å². The maximum atomic E-state index is 14.5. The van der Waals surface area contributed by atoms with Gasteiger partial charge in [-0.1, -0.05) is 117 Å². The van der Waals surface area contributed by atoms with Crippen molar-refractivity contribution in [2.45, 2.75) is 206 Å². The van der Waals surface area contributed by atoms with Gasteiger partial charge in [0.2, 0.25) is 70.9 Å². The van der Waals surface area contributed by atoms with Gasteiger partial charge < -0.3 is 94.2 Å². The van der Waals surface area contributed by atoms with E-state index in [2.05, 4.69) is 78.8 Å². The second-order valence-electron chi connectivity index (χ2n) is 26.6. The Morgan fingerprint density at radius 3 is 1.50 bits per heavy atom. The molecule has 18 N–H and O–H groups in total. The number of hydrogen-bond donors (Lipinski definition) is 18. The average Bonchev–Trinajstić information content (AvgIpc) is 1.79. The predicted octanol–water partition coefficient (Wildman–Crippen LogP) is -0.509. The number of carbonyl (C=O) groups excluding carboxylic acids is 12. The summed E-state index contributed by atoms with van der Waals surface area (Å²) in [5, 5.41) is 69.1. The Hall–Kier alpha value is -11.3. The fourth-order valence-corrected chi connectivity index (χ4v) is 10.8.